The Bertz CT molecular complexity index is 640. The van der Waals surface area contributed by atoms with Gasteiger partial charge in [0.05, 0.1) is 22.8 Å². The molecule has 20 heavy (non-hydrogen) atoms. The molecular weight excluding hydrogens is 300 g/mol. The SMILES string of the molecule is N#Cc1ccc(Cl)c(S(=O)(=O)N[C@H]2CCCC[C@@H]2O)c1. The first-order valence-corrected chi connectivity index (χ1v) is 8.20. The first kappa shape index (κ1) is 15.3. The minimum absolute atomic E-state index is 0.0572. The van der Waals surface area contributed by atoms with Gasteiger partial charge in [0.2, 0.25) is 10.0 Å². The molecule has 7 heteroatoms. The van der Waals surface area contributed by atoms with Gasteiger partial charge in [-0.1, -0.05) is 24.4 Å². The minimum Gasteiger partial charge on any atom is -0.391 e. The summed E-state index contributed by atoms with van der Waals surface area (Å²) in [5, 5.41) is 18.7. The maximum atomic E-state index is 12.3. The van der Waals surface area contributed by atoms with Crippen molar-refractivity contribution in [3.8, 4) is 6.07 Å². The fourth-order valence-corrected chi connectivity index (χ4v) is 4.12. The van der Waals surface area contributed by atoms with Crippen LogP contribution in [0.1, 0.15) is 31.2 Å². The van der Waals surface area contributed by atoms with E-state index in [-0.39, 0.29) is 15.5 Å². The van der Waals surface area contributed by atoms with Crippen LogP contribution < -0.4 is 4.72 Å². The Morgan fingerprint density at radius 3 is 2.70 bits per heavy atom. The number of nitrogens with zero attached hydrogens (tertiary/aromatic N) is 1. The summed E-state index contributed by atoms with van der Waals surface area (Å²) in [4.78, 5) is -0.129. The summed E-state index contributed by atoms with van der Waals surface area (Å²) < 4.78 is 27.1. The number of aliphatic hydroxyl groups is 1. The van der Waals surface area contributed by atoms with Crippen molar-refractivity contribution in [2.45, 2.75) is 42.7 Å². The van der Waals surface area contributed by atoms with E-state index in [9.17, 15) is 13.5 Å². The standard InChI is InChI=1S/C13H15ClN2O3S/c14-10-6-5-9(8-15)7-13(10)20(18,19)16-11-3-1-2-4-12(11)17/h5-7,11-12,16-17H,1-4H2/t11-,12-/m0/s1. The Morgan fingerprint density at radius 2 is 2.05 bits per heavy atom. The van der Waals surface area contributed by atoms with Crippen molar-refractivity contribution in [2.24, 2.45) is 0 Å². The molecule has 0 bridgehead atoms. The summed E-state index contributed by atoms with van der Waals surface area (Å²) in [6.07, 6.45) is 2.26. The Kier molecular flexibility index (Phi) is 4.66. The van der Waals surface area contributed by atoms with Crippen LogP contribution in [0, 0.1) is 11.3 Å². The fraction of sp³-hybridized carbons (Fsp3) is 0.462. The molecule has 0 unspecified atom stereocenters. The zero-order valence-electron chi connectivity index (χ0n) is 10.7. The lowest BCUT2D eigenvalue weighted by Crippen LogP contribution is -2.45. The highest BCUT2D eigenvalue weighted by atomic mass is 35.5. The zero-order chi connectivity index (χ0) is 14.8. The topological polar surface area (TPSA) is 90.2 Å². The van der Waals surface area contributed by atoms with E-state index in [0.717, 1.165) is 12.8 Å². The van der Waals surface area contributed by atoms with Crippen LogP contribution in [0.5, 0.6) is 0 Å². The number of aliphatic hydroxyl groups excluding tert-OH is 1. The van der Waals surface area contributed by atoms with Crippen LogP contribution in [0.4, 0.5) is 0 Å². The molecule has 0 spiro atoms. The Hall–Kier alpha value is -1.13. The van der Waals surface area contributed by atoms with Crippen molar-refractivity contribution < 1.29 is 13.5 Å². The van der Waals surface area contributed by atoms with Gasteiger partial charge < -0.3 is 5.11 Å². The second-order valence-electron chi connectivity index (χ2n) is 4.84. The quantitative estimate of drug-likeness (QED) is 0.890. The third-order valence-corrected chi connectivity index (χ3v) is 5.36. The molecule has 108 valence electrons. The molecule has 1 fully saturated rings. The van der Waals surface area contributed by atoms with Crippen LogP contribution in [0.25, 0.3) is 0 Å². The largest absolute Gasteiger partial charge is 0.391 e. The summed E-state index contributed by atoms with van der Waals surface area (Å²) in [6, 6.07) is 5.45. The molecule has 5 nitrogen and oxygen atoms in total. The Morgan fingerprint density at radius 1 is 1.35 bits per heavy atom. The number of rotatable bonds is 3. The lowest BCUT2D eigenvalue weighted by molar-refractivity contribution is 0.101. The van der Waals surface area contributed by atoms with E-state index in [0.29, 0.717) is 12.8 Å². The van der Waals surface area contributed by atoms with Crippen molar-refractivity contribution in [1.82, 2.24) is 4.72 Å². The van der Waals surface area contributed by atoms with Crippen LogP contribution in [0.3, 0.4) is 0 Å². The number of hydrogen-bond donors (Lipinski definition) is 2. The van der Waals surface area contributed by atoms with Gasteiger partial charge in [-0.2, -0.15) is 5.26 Å². The van der Waals surface area contributed by atoms with Crippen molar-refractivity contribution >= 4 is 21.6 Å². The number of sulfonamides is 1. The molecule has 0 aliphatic heterocycles. The van der Waals surface area contributed by atoms with Gasteiger partial charge in [-0.25, -0.2) is 13.1 Å². The van der Waals surface area contributed by atoms with E-state index >= 15 is 0 Å². The maximum Gasteiger partial charge on any atom is 0.242 e. The van der Waals surface area contributed by atoms with Crippen LogP contribution in [-0.2, 0) is 10.0 Å². The predicted molar refractivity (Wildman–Crippen MR) is 74.8 cm³/mol. The molecule has 1 aromatic rings. The van der Waals surface area contributed by atoms with E-state index in [1.807, 2.05) is 6.07 Å². The fourth-order valence-electron chi connectivity index (χ4n) is 2.29. The monoisotopic (exact) mass is 314 g/mol. The highest BCUT2D eigenvalue weighted by Gasteiger charge is 2.29. The van der Waals surface area contributed by atoms with Gasteiger partial charge in [-0.15, -0.1) is 0 Å². The lowest BCUT2D eigenvalue weighted by atomic mass is 9.93. The normalized spacial score (nSPS) is 23.2. The molecule has 2 atom stereocenters. The zero-order valence-corrected chi connectivity index (χ0v) is 12.3. The van der Waals surface area contributed by atoms with Crippen molar-refractivity contribution in [2.75, 3.05) is 0 Å². The van der Waals surface area contributed by atoms with Crippen LogP contribution in [0.15, 0.2) is 23.1 Å². The summed E-state index contributed by atoms with van der Waals surface area (Å²) in [7, 11) is -3.85. The average molecular weight is 315 g/mol. The first-order valence-electron chi connectivity index (χ1n) is 6.34. The number of halogens is 1. The molecule has 0 heterocycles. The number of benzene rings is 1. The predicted octanol–water partition coefficient (Wildman–Crippen LogP) is 1.79. The molecular formula is C13H15ClN2O3S. The van der Waals surface area contributed by atoms with E-state index in [1.54, 1.807) is 0 Å². The first-order chi connectivity index (χ1) is 9.44. The maximum absolute atomic E-state index is 12.3. The Balaban J connectivity index is 2.28. The third-order valence-electron chi connectivity index (χ3n) is 3.39. The molecule has 2 rings (SSSR count). The van der Waals surface area contributed by atoms with Crippen LogP contribution >= 0.6 is 11.6 Å². The summed E-state index contributed by atoms with van der Waals surface area (Å²) >= 11 is 5.90. The highest BCUT2D eigenvalue weighted by Crippen LogP contribution is 2.25. The summed E-state index contributed by atoms with van der Waals surface area (Å²) in [5.41, 5.74) is 0.221. The van der Waals surface area contributed by atoms with Crippen molar-refractivity contribution in [3.05, 3.63) is 28.8 Å². The van der Waals surface area contributed by atoms with E-state index in [2.05, 4.69) is 4.72 Å². The van der Waals surface area contributed by atoms with E-state index < -0.39 is 22.2 Å². The molecule has 0 radical (unpaired) electrons. The molecule has 0 saturated heterocycles. The molecule has 1 saturated carbocycles. The van der Waals surface area contributed by atoms with Gasteiger partial charge in [0, 0.05) is 6.04 Å². The van der Waals surface area contributed by atoms with Gasteiger partial charge in [-0.05, 0) is 31.0 Å². The second-order valence-corrected chi connectivity index (χ2v) is 6.93. The minimum atomic E-state index is -3.85. The van der Waals surface area contributed by atoms with Crippen LogP contribution in [0.2, 0.25) is 5.02 Å². The third kappa shape index (κ3) is 3.30. The molecule has 1 aliphatic rings. The Labute approximate surface area is 123 Å². The molecule has 0 aromatic heterocycles. The molecule has 0 amide bonds. The van der Waals surface area contributed by atoms with Crippen LogP contribution in [-0.4, -0.2) is 25.7 Å². The molecule has 2 N–H and O–H groups in total. The highest BCUT2D eigenvalue weighted by molar-refractivity contribution is 7.89. The number of nitrogens with one attached hydrogen (secondary N) is 1. The number of nitriles is 1. The van der Waals surface area contributed by atoms with Gasteiger partial charge >= 0.3 is 0 Å². The van der Waals surface area contributed by atoms with Gasteiger partial charge in [0.25, 0.3) is 0 Å². The lowest BCUT2D eigenvalue weighted by Gasteiger charge is -2.28. The number of hydrogen-bond acceptors (Lipinski definition) is 4. The summed E-state index contributed by atoms with van der Waals surface area (Å²) in [6.45, 7) is 0. The second kappa shape index (κ2) is 6.10. The smallest absolute Gasteiger partial charge is 0.242 e. The van der Waals surface area contributed by atoms with E-state index in [4.69, 9.17) is 16.9 Å². The van der Waals surface area contributed by atoms with Gasteiger partial charge in [0.15, 0.2) is 0 Å². The molecule has 1 aliphatic carbocycles. The van der Waals surface area contributed by atoms with Crippen molar-refractivity contribution in [3.63, 3.8) is 0 Å². The van der Waals surface area contributed by atoms with Crippen molar-refractivity contribution in [1.29, 1.82) is 5.26 Å². The molecule has 1 aromatic carbocycles. The van der Waals surface area contributed by atoms with Gasteiger partial charge in [0.1, 0.15) is 4.90 Å². The van der Waals surface area contributed by atoms with Gasteiger partial charge in [-0.3, -0.25) is 0 Å². The van der Waals surface area contributed by atoms with E-state index in [1.165, 1.54) is 18.2 Å². The average Bonchev–Trinajstić information content (AvgIpc) is 2.41. The summed E-state index contributed by atoms with van der Waals surface area (Å²) in [5.74, 6) is 0.